The second kappa shape index (κ2) is 7.47. The lowest BCUT2D eigenvalue weighted by atomic mass is 10.2. The van der Waals surface area contributed by atoms with Gasteiger partial charge in [-0.3, -0.25) is 14.6 Å². The Balaban J connectivity index is 1.48. The zero-order valence-electron chi connectivity index (χ0n) is 14.3. The Labute approximate surface area is 151 Å². The van der Waals surface area contributed by atoms with E-state index in [0.717, 1.165) is 31.7 Å². The van der Waals surface area contributed by atoms with Crippen molar-refractivity contribution in [2.45, 2.75) is 39.3 Å². The summed E-state index contributed by atoms with van der Waals surface area (Å²) < 4.78 is 8.29. The van der Waals surface area contributed by atoms with E-state index in [9.17, 15) is 0 Å². The molecule has 0 aliphatic carbocycles. The predicted molar refractivity (Wildman–Crippen MR) is 98.2 cm³/mol. The normalized spacial score (nSPS) is 18.0. The van der Waals surface area contributed by atoms with Crippen LogP contribution in [-0.2, 0) is 31.0 Å². The van der Waals surface area contributed by atoms with Crippen LogP contribution in [0.5, 0.6) is 0 Å². The maximum atomic E-state index is 6.22. The molecule has 3 aromatic rings. The van der Waals surface area contributed by atoms with Gasteiger partial charge in [0.05, 0.1) is 24.9 Å². The lowest BCUT2D eigenvalue weighted by molar-refractivity contribution is 0.00723. The average Bonchev–Trinajstić information content (AvgIpc) is 3.19. The molecule has 0 amide bonds. The summed E-state index contributed by atoms with van der Waals surface area (Å²) in [6.07, 6.45) is 5.65. The summed E-state index contributed by atoms with van der Waals surface area (Å²) in [7, 11) is 0. The monoisotopic (exact) mass is 354 g/mol. The third-order valence-corrected chi connectivity index (χ3v) is 5.58. The number of ether oxygens (including phenoxy) is 1. The van der Waals surface area contributed by atoms with Crippen LogP contribution in [-0.4, -0.2) is 32.3 Å². The zero-order valence-corrected chi connectivity index (χ0v) is 15.2. The van der Waals surface area contributed by atoms with Gasteiger partial charge in [-0.2, -0.15) is 5.10 Å². The van der Waals surface area contributed by atoms with Crippen molar-refractivity contribution in [3.8, 4) is 0 Å². The number of aromatic nitrogens is 3. The van der Waals surface area contributed by atoms with Crippen molar-refractivity contribution in [2.75, 3.05) is 6.54 Å². The molecule has 0 radical (unpaired) electrons. The molecule has 0 N–H and O–H groups in total. The summed E-state index contributed by atoms with van der Waals surface area (Å²) in [6, 6.07) is 8.30. The summed E-state index contributed by atoms with van der Waals surface area (Å²) in [5, 5.41) is 6.64. The molecule has 0 fully saturated rings. The number of hydrogen-bond donors (Lipinski definition) is 0. The number of thiophene rings is 1. The molecule has 130 valence electrons. The van der Waals surface area contributed by atoms with Crippen LogP contribution in [0.25, 0.3) is 0 Å². The molecule has 0 saturated heterocycles. The summed E-state index contributed by atoms with van der Waals surface area (Å²) in [6.45, 7) is 6.33. The molecule has 1 atom stereocenters. The van der Waals surface area contributed by atoms with Crippen LogP contribution in [0.4, 0.5) is 0 Å². The number of fused-ring (bicyclic) bond motifs is 1. The first-order valence-electron chi connectivity index (χ1n) is 8.54. The Bertz CT molecular complexity index is 814. The quantitative estimate of drug-likeness (QED) is 0.705. The van der Waals surface area contributed by atoms with Gasteiger partial charge in [0, 0.05) is 43.1 Å². The van der Waals surface area contributed by atoms with E-state index >= 15 is 0 Å². The second-order valence-corrected chi connectivity index (χ2v) is 7.50. The first kappa shape index (κ1) is 16.4. The minimum atomic E-state index is 0.113. The first-order valence-corrected chi connectivity index (χ1v) is 9.42. The van der Waals surface area contributed by atoms with Gasteiger partial charge in [-0.05, 0) is 41.6 Å². The van der Waals surface area contributed by atoms with E-state index < -0.39 is 0 Å². The van der Waals surface area contributed by atoms with Crippen molar-refractivity contribution < 1.29 is 4.74 Å². The third kappa shape index (κ3) is 3.98. The lowest BCUT2D eigenvalue weighted by Gasteiger charge is -2.24. The first-order chi connectivity index (χ1) is 12.3. The minimum absolute atomic E-state index is 0.113. The van der Waals surface area contributed by atoms with Gasteiger partial charge in [0.25, 0.3) is 0 Å². The molecule has 4 rings (SSSR count). The third-order valence-electron chi connectivity index (χ3n) is 4.57. The molecular formula is C19H22N4OS. The summed E-state index contributed by atoms with van der Waals surface area (Å²) in [5.74, 6) is 0. The fraction of sp³-hybridized carbons (Fsp3) is 0.368. The Kier molecular flexibility index (Phi) is 4.92. The van der Waals surface area contributed by atoms with E-state index in [4.69, 9.17) is 4.74 Å². The summed E-state index contributed by atoms with van der Waals surface area (Å²) >= 11 is 1.83. The van der Waals surface area contributed by atoms with Crippen LogP contribution in [0.15, 0.2) is 48.2 Å². The van der Waals surface area contributed by atoms with Gasteiger partial charge in [-0.15, -0.1) is 11.3 Å². The van der Waals surface area contributed by atoms with E-state index in [-0.39, 0.29) is 6.10 Å². The minimum Gasteiger partial charge on any atom is -0.370 e. The van der Waals surface area contributed by atoms with Crippen LogP contribution >= 0.6 is 11.3 Å². The highest BCUT2D eigenvalue weighted by atomic mass is 32.1. The highest BCUT2D eigenvalue weighted by molar-refractivity contribution is 7.10. The van der Waals surface area contributed by atoms with Crippen molar-refractivity contribution in [1.82, 2.24) is 19.7 Å². The largest absolute Gasteiger partial charge is 0.370 e. The van der Waals surface area contributed by atoms with Crippen LogP contribution in [0.2, 0.25) is 0 Å². The van der Waals surface area contributed by atoms with E-state index in [1.54, 1.807) is 6.20 Å². The Morgan fingerprint density at radius 2 is 2.20 bits per heavy atom. The van der Waals surface area contributed by atoms with Gasteiger partial charge in [-0.1, -0.05) is 6.07 Å². The summed E-state index contributed by atoms with van der Waals surface area (Å²) in [4.78, 5) is 8.06. The Morgan fingerprint density at radius 3 is 3.00 bits per heavy atom. The fourth-order valence-corrected chi connectivity index (χ4v) is 4.13. The van der Waals surface area contributed by atoms with E-state index in [0.29, 0.717) is 6.61 Å². The van der Waals surface area contributed by atoms with E-state index in [2.05, 4.69) is 50.2 Å². The fourth-order valence-electron chi connectivity index (χ4n) is 3.18. The SMILES string of the molecule is Cc1ccsc1CN1Cc2ccnn2CC(OCc2cccnc2)C1. The molecule has 5 nitrogen and oxygen atoms in total. The zero-order chi connectivity index (χ0) is 17.1. The molecule has 6 heteroatoms. The Hall–Kier alpha value is -2.02. The molecule has 1 unspecified atom stereocenters. The van der Waals surface area contributed by atoms with Crippen molar-refractivity contribution in [1.29, 1.82) is 0 Å². The number of hydrogen-bond acceptors (Lipinski definition) is 5. The van der Waals surface area contributed by atoms with Gasteiger partial charge < -0.3 is 4.74 Å². The van der Waals surface area contributed by atoms with Crippen LogP contribution in [0.3, 0.4) is 0 Å². The topological polar surface area (TPSA) is 43.2 Å². The molecule has 0 saturated carbocycles. The van der Waals surface area contributed by atoms with Crippen LogP contribution in [0, 0.1) is 6.92 Å². The molecule has 0 bridgehead atoms. The van der Waals surface area contributed by atoms with Crippen LogP contribution in [0.1, 0.15) is 21.7 Å². The van der Waals surface area contributed by atoms with Gasteiger partial charge >= 0.3 is 0 Å². The van der Waals surface area contributed by atoms with Crippen molar-refractivity contribution in [3.05, 3.63) is 69.9 Å². The molecule has 0 spiro atoms. The van der Waals surface area contributed by atoms with Gasteiger partial charge in [0.15, 0.2) is 0 Å². The van der Waals surface area contributed by atoms with Crippen molar-refractivity contribution in [2.24, 2.45) is 0 Å². The van der Waals surface area contributed by atoms with Crippen LogP contribution < -0.4 is 0 Å². The molecule has 4 heterocycles. The van der Waals surface area contributed by atoms with Gasteiger partial charge in [-0.25, -0.2) is 0 Å². The standard InChI is InChI=1S/C19H22N4OS/c1-15-5-8-25-19(15)13-22-10-17-4-7-21-23(17)12-18(11-22)24-14-16-3-2-6-20-9-16/h2-9,18H,10-14H2,1H3. The smallest absolute Gasteiger partial charge is 0.0902 e. The number of pyridine rings is 1. The van der Waals surface area contributed by atoms with E-state index in [1.165, 1.54) is 16.1 Å². The van der Waals surface area contributed by atoms with E-state index in [1.807, 2.05) is 29.8 Å². The molecule has 1 aliphatic rings. The molecule has 25 heavy (non-hydrogen) atoms. The molecule has 0 aromatic carbocycles. The molecule has 1 aliphatic heterocycles. The second-order valence-electron chi connectivity index (χ2n) is 6.50. The van der Waals surface area contributed by atoms with Crippen molar-refractivity contribution in [3.63, 3.8) is 0 Å². The van der Waals surface area contributed by atoms with Gasteiger partial charge in [0.1, 0.15) is 0 Å². The molecule has 3 aromatic heterocycles. The average molecular weight is 354 g/mol. The maximum absolute atomic E-state index is 6.22. The highest BCUT2D eigenvalue weighted by Crippen LogP contribution is 2.22. The molecular weight excluding hydrogens is 332 g/mol. The number of aryl methyl sites for hydroxylation is 1. The predicted octanol–water partition coefficient (Wildman–Crippen LogP) is 3.25. The van der Waals surface area contributed by atoms with Crippen molar-refractivity contribution >= 4 is 11.3 Å². The number of nitrogens with zero attached hydrogens (tertiary/aromatic N) is 4. The maximum Gasteiger partial charge on any atom is 0.0902 e. The van der Waals surface area contributed by atoms with Gasteiger partial charge in [0.2, 0.25) is 0 Å². The Morgan fingerprint density at radius 1 is 1.24 bits per heavy atom. The summed E-state index contributed by atoms with van der Waals surface area (Å²) in [5.41, 5.74) is 3.73. The highest BCUT2D eigenvalue weighted by Gasteiger charge is 2.23. The lowest BCUT2D eigenvalue weighted by Crippen LogP contribution is -2.32. The number of rotatable bonds is 5.